The Morgan fingerprint density at radius 1 is 1.20 bits per heavy atom. The van der Waals surface area contributed by atoms with Gasteiger partial charge in [-0.1, -0.05) is 32.4 Å². The Bertz CT molecular complexity index is 581. The minimum Gasteiger partial charge on any atom is -0.398 e. The fourth-order valence-corrected chi connectivity index (χ4v) is 2.73. The van der Waals surface area contributed by atoms with E-state index in [0.717, 1.165) is 30.7 Å². The second kappa shape index (κ2) is 5.79. The van der Waals surface area contributed by atoms with Gasteiger partial charge < -0.3 is 5.73 Å². The first-order chi connectivity index (χ1) is 9.57. The van der Waals surface area contributed by atoms with Gasteiger partial charge in [0.25, 0.3) is 0 Å². The van der Waals surface area contributed by atoms with Crippen molar-refractivity contribution in [2.75, 3.05) is 5.73 Å². The predicted molar refractivity (Wildman–Crippen MR) is 81.5 cm³/mol. The van der Waals surface area contributed by atoms with Gasteiger partial charge >= 0.3 is 0 Å². The molecule has 0 saturated heterocycles. The van der Waals surface area contributed by atoms with E-state index in [1.165, 1.54) is 0 Å². The summed E-state index contributed by atoms with van der Waals surface area (Å²) in [7, 11) is 0. The molecule has 20 heavy (non-hydrogen) atoms. The van der Waals surface area contributed by atoms with E-state index in [4.69, 9.17) is 17.3 Å². The summed E-state index contributed by atoms with van der Waals surface area (Å²) in [6.07, 6.45) is 2.92. The Morgan fingerprint density at radius 3 is 2.40 bits per heavy atom. The molecule has 0 aliphatic heterocycles. The number of tetrazole rings is 1. The van der Waals surface area contributed by atoms with Crippen molar-refractivity contribution in [2.45, 2.75) is 45.6 Å². The number of anilines is 1. The molecular formula is C14H20ClN5. The number of nitrogens with two attached hydrogens (primary N) is 1. The third-order valence-corrected chi connectivity index (χ3v) is 4.48. The third-order valence-electron chi connectivity index (χ3n) is 4.15. The van der Waals surface area contributed by atoms with Gasteiger partial charge in [-0.05, 0) is 47.9 Å². The molecule has 0 fully saturated rings. The van der Waals surface area contributed by atoms with Gasteiger partial charge in [0, 0.05) is 5.56 Å². The summed E-state index contributed by atoms with van der Waals surface area (Å²) in [5.41, 5.74) is 7.13. The molecule has 0 saturated carbocycles. The van der Waals surface area contributed by atoms with Gasteiger partial charge in [-0.2, -0.15) is 0 Å². The number of nitrogen functional groups attached to an aromatic ring is 1. The van der Waals surface area contributed by atoms with E-state index in [9.17, 15) is 0 Å². The van der Waals surface area contributed by atoms with E-state index in [1.54, 1.807) is 6.07 Å². The topological polar surface area (TPSA) is 69.6 Å². The first-order valence-corrected chi connectivity index (χ1v) is 7.30. The van der Waals surface area contributed by atoms with Crippen LogP contribution in [0.3, 0.4) is 0 Å². The minimum absolute atomic E-state index is 0.0628. The maximum atomic E-state index is 6.10. The Hall–Kier alpha value is -1.62. The molecule has 0 unspecified atom stereocenters. The smallest absolute Gasteiger partial charge is 0.182 e. The Balaban J connectivity index is 2.54. The molecule has 1 aromatic carbocycles. The normalized spacial score (nSPS) is 11.8. The number of halogens is 1. The van der Waals surface area contributed by atoms with E-state index < -0.39 is 0 Å². The van der Waals surface area contributed by atoms with Crippen LogP contribution in [0.25, 0.3) is 11.4 Å². The van der Waals surface area contributed by atoms with E-state index in [1.807, 2.05) is 16.8 Å². The molecule has 1 heterocycles. The molecule has 0 aliphatic carbocycles. The molecule has 2 aromatic rings. The number of nitrogens with zero attached hydrogens (tertiary/aromatic N) is 4. The summed E-state index contributed by atoms with van der Waals surface area (Å²) in [6.45, 7) is 6.48. The predicted octanol–water partition coefficient (Wildman–Crippen LogP) is 3.50. The molecule has 1 aromatic heterocycles. The Morgan fingerprint density at radius 2 is 1.85 bits per heavy atom. The molecule has 108 valence electrons. The van der Waals surface area contributed by atoms with Crippen LogP contribution in [0.5, 0.6) is 0 Å². The summed E-state index contributed by atoms with van der Waals surface area (Å²) in [4.78, 5) is 0. The lowest BCUT2D eigenvalue weighted by atomic mass is 9.89. The molecule has 0 bridgehead atoms. The lowest BCUT2D eigenvalue weighted by Crippen LogP contribution is -2.33. The van der Waals surface area contributed by atoms with E-state index in [2.05, 4.69) is 36.3 Å². The second-order valence-electron chi connectivity index (χ2n) is 4.94. The van der Waals surface area contributed by atoms with E-state index in [-0.39, 0.29) is 5.54 Å². The van der Waals surface area contributed by atoms with Crippen molar-refractivity contribution in [3.63, 3.8) is 0 Å². The van der Waals surface area contributed by atoms with Crippen LogP contribution in [-0.2, 0) is 5.54 Å². The van der Waals surface area contributed by atoms with Crippen LogP contribution in [0.4, 0.5) is 5.69 Å². The van der Waals surface area contributed by atoms with Gasteiger partial charge in [0.1, 0.15) is 0 Å². The molecule has 6 heteroatoms. The van der Waals surface area contributed by atoms with Crippen LogP contribution in [-0.4, -0.2) is 20.2 Å². The average molecular weight is 294 g/mol. The quantitative estimate of drug-likeness (QED) is 0.857. The highest BCUT2D eigenvalue weighted by molar-refractivity contribution is 6.33. The highest BCUT2D eigenvalue weighted by atomic mass is 35.5. The van der Waals surface area contributed by atoms with Gasteiger partial charge in [0.15, 0.2) is 5.82 Å². The van der Waals surface area contributed by atoms with Crippen LogP contribution in [0.1, 0.15) is 40.0 Å². The highest BCUT2D eigenvalue weighted by Gasteiger charge is 2.30. The summed E-state index contributed by atoms with van der Waals surface area (Å²) in [5, 5.41) is 12.7. The van der Waals surface area contributed by atoms with Crippen molar-refractivity contribution in [3.8, 4) is 11.4 Å². The van der Waals surface area contributed by atoms with Gasteiger partial charge in [0.05, 0.1) is 16.2 Å². The molecule has 0 amide bonds. The Labute approximate surface area is 124 Å². The fraction of sp³-hybridized carbons (Fsp3) is 0.500. The number of hydrogen-bond acceptors (Lipinski definition) is 4. The molecule has 2 N–H and O–H groups in total. The molecular weight excluding hydrogens is 274 g/mol. The van der Waals surface area contributed by atoms with Gasteiger partial charge in [0.2, 0.25) is 0 Å². The van der Waals surface area contributed by atoms with Crippen LogP contribution >= 0.6 is 11.6 Å². The van der Waals surface area contributed by atoms with Gasteiger partial charge in [-0.15, -0.1) is 5.10 Å². The molecule has 0 aliphatic rings. The van der Waals surface area contributed by atoms with Crippen LogP contribution in [0, 0.1) is 0 Å². The molecule has 2 rings (SSSR count). The molecule has 5 nitrogen and oxygen atoms in total. The van der Waals surface area contributed by atoms with Crippen molar-refractivity contribution in [1.29, 1.82) is 0 Å². The maximum absolute atomic E-state index is 6.10. The van der Waals surface area contributed by atoms with Gasteiger partial charge in [-0.25, -0.2) is 4.68 Å². The number of rotatable bonds is 5. The molecule has 0 atom stereocenters. The summed E-state index contributed by atoms with van der Waals surface area (Å²) >= 11 is 6.10. The van der Waals surface area contributed by atoms with Crippen molar-refractivity contribution in [1.82, 2.24) is 20.2 Å². The highest BCUT2D eigenvalue weighted by Crippen LogP contribution is 2.33. The average Bonchev–Trinajstić information content (AvgIpc) is 2.95. The standard InChI is InChI=1S/C14H20ClN5/c1-4-14(5-2,6-3)20-13(17-18-19-20)10-7-8-12(16)11(15)9-10/h7-9H,4-6,16H2,1-3H3. The zero-order valence-electron chi connectivity index (χ0n) is 12.1. The second-order valence-corrected chi connectivity index (χ2v) is 5.34. The van der Waals surface area contributed by atoms with Crippen LogP contribution in [0.2, 0.25) is 5.02 Å². The van der Waals surface area contributed by atoms with Crippen molar-refractivity contribution in [2.24, 2.45) is 0 Å². The fourth-order valence-electron chi connectivity index (χ4n) is 2.55. The van der Waals surface area contributed by atoms with E-state index in [0.29, 0.717) is 10.7 Å². The van der Waals surface area contributed by atoms with Crippen LogP contribution in [0.15, 0.2) is 18.2 Å². The Kier molecular flexibility index (Phi) is 4.28. The third kappa shape index (κ3) is 2.38. The maximum Gasteiger partial charge on any atom is 0.182 e. The number of aromatic nitrogens is 4. The van der Waals surface area contributed by atoms with Crippen molar-refractivity contribution >= 4 is 17.3 Å². The minimum atomic E-state index is -0.0628. The zero-order valence-corrected chi connectivity index (χ0v) is 12.9. The lowest BCUT2D eigenvalue weighted by Gasteiger charge is -2.31. The van der Waals surface area contributed by atoms with Crippen molar-refractivity contribution in [3.05, 3.63) is 23.2 Å². The van der Waals surface area contributed by atoms with Gasteiger partial charge in [-0.3, -0.25) is 0 Å². The van der Waals surface area contributed by atoms with E-state index >= 15 is 0 Å². The summed E-state index contributed by atoms with van der Waals surface area (Å²) < 4.78 is 1.93. The lowest BCUT2D eigenvalue weighted by molar-refractivity contribution is 0.223. The molecule has 0 radical (unpaired) electrons. The monoisotopic (exact) mass is 293 g/mol. The largest absolute Gasteiger partial charge is 0.398 e. The van der Waals surface area contributed by atoms with Crippen molar-refractivity contribution < 1.29 is 0 Å². The van der Waals surface area contributed by atoms with Crippen LogP contribution < -0.4 is 5.73 Å². The SMILES string of the molecule is CCC(CC)(CC)n1nnnc1-c1ccc(N)c(Cl)c1. The zero-order chi connectivity index (χ0) is 14.8. The molecule has 0 spiro atoms. The summed E-state index contributed by atoms with van der Waals surface area (Å²) in [6, 6.07) is 5.49. The first kappa shape index (κ1) is 14.8. The number of hydrogen-bond donors (Lipinski definition) is 1. The summed E-state index contributed by atoms with van der Waals surface area (Å²) in [5.74, 6) is 0.734. The first-order valence-electron chi connectivity index (χ1n) is 6.92. The number of benzene rings is 1.